The van der Waals surface area contributed by atoms with Gasteiger partial charge in [-0.25, -0.2) is 12.8 Å². The lowest BCUT2D eigenvalue weighted by molar-refractivity contribution is -0.121. The maximum atomic E-state index is 13.0. The van der Waals surface area contributed by atoms with E-state index in [0.29, 0.717) is 30.0 Å². The Labute approximate surface area is 173 Å². The van der Waals surface area contributed by atoms with Gasteiger partial charge >= 0.3 is 0 Å². The lowest BCUT2D eigenvalue weighted by Gasteiger charge is -2.30. The molecule has 0 saturated carbocycles. The number of anilines is 2. The van der Waals surface area contributed by atoms with E-state index in [1.807, 2.05) is 0 Å². The molecule has 0 aliphatic carbocycles. The molecule has 0 aromatic heterocycles. The van der Waals surface area contributed by atoms with Crippen LogP contribution < -0.4 is 15.4 Å². The third-order valence-corrected chi connectivity index (χ3v) is 7.05. The van der Waals surface area contributed by atoms with E-state index in [-0.39, 0.29) is 48.1 Å². The van der Waals surface area contributed by atoms with Crippen LogP contribution >= 0.6 is 0 Å². The Morgan fingerprint density at radius 3 is 2.53 bits per heavy atom. The molecule has 0 unspecified atom stereocenters. The zero-order chi connectivity index (χ0) is 21.3. The van der Waals surface area contributed by atoms with Gasteiger partial charge in [-0.1, -0.05) is 0 Å². The van der Waals surface area contributed by atoms with Crippen LogP contribution in [-0.4, -0.2) is 44.2 Å². The molecule has 0 radical (unpaired) electrons. The predicted molar refractivity (Wildman–Crippen MR) is 107 cm³/mol. The molecule has 30 heavy (non-hydrogen) atoms. The molecular formula is C20H20FN3O5S. The summed E-state index contributed by atoms with van der Waals surface area (Å²) in [6.45, 7) is 0.252. The highest BCUT2D eigenvalue weighted by Gasteiger charge is 2.33. The lowest BCUT2D eigenvalue weighted by Crippen LogP contribution is -2.41. The highest BCUT2D eigenvalue weighted by molar-refractivity contribution is 7.89. The largest absolute Gasteiger partial charge is 0.482 e. The summed E-state index contributed by atoms with van der Waals surface area (Å²) < 4.78 is 45.6. The number of sulfonamides is 1. The smallest absolute Gasteiger partial charge is 0.262 e. The number of nitrogens with zero attached hydrogens (tertiary/aromatic N) is 1. The van der Waals surface area contributed by atoms with E-state index < -0.39 is 10.0 Å². The molecule has 2 heterocycles. The number of rotatable bonds is 4. The van der Waals surface area contributed by atoms with Crippen molar-refractivity contribution in [3.63, 3.8) is 0 Å². The Balaban J connectivity index is 1.40. The summed E-state index contributed by atoms with van der Waals surface area (Å²) in [6.07, 6.45) is 0.757. The minimum absolute atomic E-state index is 0.0756. The van der Waals surface area contributed by atoms with Gasteiger partial charge in [0.1, 0.15) is 11.6 Å². The molecule has 2 aromatic carbocycles. The van der Waals surface area contributed by atoms with Crippen LogP contribution in [0.15, 0.2) is 47.4 Å². The second kappa shape index (κ2) is 8.04. The van der Waals surface area contributed by atoms with Crippen molar-refractivity contribution in [3.8, 4) is 5.75 Å². The van der Waals surface area contributed by atoms with Crippen LogP contribution in [0.25, 0.3) is 0 Å². The van der Waals surface area contributed by atoms with Gasteiger partial charge in [0, 0.05) is 30.8 Å². The van der Waals surface area contributed by atoms with Crippen molar-refractivity contribution in [1.29, 1.82) is 0 Å². The molecule has 1 saturated heterocycles. The number of halogens is 1. The molecule has 158 valence electrons. The first kappa shape index (κ1) is 20.3. The second-order valence-electron chi connectivity index (χ2n) is 7.17. The number of ether oxygens (including phenoxy) is 1. The van der Waals surface area contributed by atoms with Crippen molar-refractivity contribution in [2.45, 2.75) is 17.7 Å². The van der Waals surface area contributed by atoms with E-state index in [1.54, 1.807) is 0 Å². The van der Waals surface area contributed by atoms with Gasteiger partial charge in [-0.05, 0) is 49.2 Å². The van der Waals surface area contributed by atoms with Crippen molar-refractivity contribution in [3.05, 3.63) is 48.3 Å². The van der Waals surface area contributed by atoms with Gasteiger partial charge in [-0.15, -0.1) is 0 Å². The molecule has 0 bridgehead atoms. The number of hydrogen-bond acceptors (Lipinski definition) is 5. The van der Waals surface area contributed by atoms with Gasteiger partial charge in [0.15, 0.2) is 6.61 Å². The molecule has 2 N–H and O–H groups in total. The number of hydrogen-bond donors (Lipinski definition) is 2. The van der Waals surface area contributed by atoms with Gasteiger partial charge in [0.25, 0.3) is 5.91 Å². The second-order valence-corrected chi connectivity index (χ2v) is 9.11. The van der Waals surface area contributed by atoms with E-state index >= 15 is 0 Å². The van der Waals surface area contributed by atoms with E-state index in [1.165, 1.54) is 46.8 Å². The topological polar surface area (TPSA) is 105 Å². The molecule has 2 aliphatic heterocycles. The van der Waals surface area contributed by atoms with E-state index in [0.717, 1.165) is 0 Å². The number of carbonyl (C=O) groups excluding carboxylic acids is 2. The number of nitrogens with one attached hydrogen (secondary N) is 2. The van der Waals surface area contributed by atoms with Crippen molar-refractivity contribution in [1.82, 2.24) is 4.31 Å². The molecular weight excluding hydrogens is 413 g/mol. The summed E-state index contributed by atoms with van der Waals surface area (Å²) in [6, 6.07) is 9.81. The average Bonchev–Trinajstić information content (AvgIpc) is 2.75. The van der Waals surface area contributed by atoms with Crippen LogP contribution in [0.1, 0.15) is 12.8 Å². The van der Waals surface area contributed by atoms with Gasteiger partial charge in [0.05, 0.1) is 10.6 Å². The first-order valence-electron chi connectivity index (χ1n) is 9.46. The fourth-order valence-corrected chi connectivity index (χ4v) is 4.99. The summed E-state index contributed by atoms with van der Waals surface area (Å²) >= 11 is 0. The van der Waals surface area contributed by atoms with Crippen LogP contribution in [-0.2, 0) is 19.6 Å². The summed E-state index contributed by atoms with van der Waals surface area (Å²) in [5.74, 6) is -0.912. The van der Waals surface area contributed by atoms with Gasteiger partial charge in [0.2, 0.25) is 15.9 Å². The number of amides is 2. The maximum absolute atomic E-state index is 13.0. The number of piperidine rings is 1. The zero-order valence-corrected chi connectivity index (χ0v) is 16.7. The minimum Gasteiger partial charge on any atom is -0.482 e. The molecule has 0 atom stereocenters. The molecule has 4 rings (SSSR count). The first-order valence-corrected chi connectivity index (χ1v) is 10.9. The average molecular weight is 433 g/mol. The monoisotopic (exact) mass is 433 g/mol. The Bertz CT molecular complexity index is 1080. The van der Waals surface area contributed by atoms with Crippen molar-refractivity contribution < 1.29 is 27.1 Å². The fraction of sp³-hybridized carbons (Fsp3) is 0.300. The van der Waals surface area contributed by atoms with Crippen LogP contribution in [0.3, 0.4) is 0 Å². The Morgan fingerprint density at radius 2 is 1.83 bits per heavy atom. The van der Waals surface area contributed by atoms with E-state index in [9.17, 15) is 22.4 Å². The quantitative estimate of drug-likeness (QED) is 0.769. The molecule has 2 aliphatic rings. The van der Waals surface area contributed by atoms with Gasteiger partial charge in [-0.3, -0.25) is 9.59 Å². The first-order chi connectivity index (χ1) is 14.3. The van der Waals surface area contributed by atoms with E-state index in [4.69, 9.17) is 4.74 Å². The summed E-state index contributed by atoms with van der Waals surface area (Å²) in [7, 11) is -3.75. The predicted octanol–water partition coefficient (Wildman–Crippen LogP) is 2.20. The van der Waals surface area contributed by atoms with E-state index in [2.05, 4.69) is 10.6 Å². The molecule has 1 fully saturated rings. The number of carbonyl (C=O) groups is 2. The van der Waals surface area contributed by atoms with Crippen LogP contribution in [0.5, 0.6) is 5.75 Å². The maximum Gasteiger partial charge on any atom is 0.262 e. The standard InChI is InChI=1S/C20H20FN3O5S/c21-14-1-3-15(4-2-14)22-20(26)13-7-9-24(10-8-13)30(27,28)16-5-6-17-18(11-16)29-12-19(25)23-17/h1-6,11,13H,7-10,12H2,(H,22,26)(H,23,25). The van der Waals surface area contributed by atoms with Crippen LogP contribution in [0.4, 0.5) is 15.8 Å². The molecule has 10 heteroatoms. The van der Waals surface area contributed by atoms with Gasteiger partial charge in [-0.2, -0.15) is 4.31 Å². The molecule has 2 aromatic rings. The van der Waals surface area contributed by atoms with Crippen molar-refractivity contribution >= 4 is 33.2 Å². The Kier molecular flexibility index (Phi) is 5.44. The lowest BCUT2D eigenvalue weighted by atomic mass is 9.97. The summed E-state index contributed by atoms with van der Waals surface area (Å²) in [5.41, 5.74) is 0.930. The minimum atomic E-state index is -3.75. The third-order valence-electron chi connectivity index (χ3n) is 5.16. The Hall–Kier alpha value is -2.98. The van der Waals surface area contributed by atoms with Crippen LogP contribution in [0, 0.1) is 11.7 Å². The zero-order valence-electron chi connectivity index (χ0n) is 15.9. The third kappa shape index (κ3) is 4.14. The van der Waals surface area contributed by atoms with Crippen molar-refractivity contribution in [2.75, 3.05) is 30.3 Å². The molecule has 2 amide bonds. The summed E-state index contributed by atoms with van der Waals surface area (Å²) in [4.78, 5) is 23.9. The van der Waals surface area contributed by atoms with Crippen LogP contribution in [0.2, 0.25) is 0 Å². The number of fused-ring (bicyclic) bond motifs is 1. The molecule has 8 nitrogen and oxygen atoms in total. The highest BCUT2D eigenvalue weighted by Crippen LogP contribution is 2.32. The molecule has 0 spiro atoms. The fourth-order valence-electron chi connectivity index (χ4n) is 3.50. The van der Waals surface area contributed by atoms with Gasteiger partial charge < -0.3 is 15.4 Å². The normalized spacial score (nSPS) is 17.6. The summed E-state index contributed by atoms with van der Waals surface area (Å²) in [5, 5.41) is 5.36. The Morgan fingerprint density at radius 1 is 1.13 bits per heavy atom. The highest BCUT2D eigenvalue weighted by atomic mass is 32.2. The SMILES string of the molecule is O=C1COc2cc(S(=O)(=O)N3CCC(C(=O)Nc4ccc(F)cc4)CC3)ccc2N1. The number of benzene rings is 2. The van der Waals surface area contributed by atoms with Crippen molar-refractivity contribution in [2.24, 2.45) is 5.92 Å².